The predicted octanol–water partition coefficient (Wildman–Crippen LogP) is 3.98. The average molecular weight is 252 g/mol. The summed E-state index contributed by atoms with van der Waals surface area (Å²) in [6.07, 6.45) is 1.19. The second-order valence-electron chi connectivity index (χ2n) is 4.44. The Morgan fingerprint density at radius 2 is 1.89 bits per heavy atom. The van der Waals surface area contributed by atoms with Crippen molar-refractivity contribution in [2.45, 2.75) is 0 Å². The van der Waals surface area contributed by atoms with Crippen molar-refractivity contribution in [1.29, 1.82) is 0 Å². The van der Waals surface area contributed by atoms with Crippen molar-refractivity contribution in [3.63, 3.8) is 0 Å². The van der Waals surface area contributed by atoms with Crippen molar-refractivity contribution in [1.82, 2.24) is 4.98 Å². The summed E-state index contributed by atoms with van der Waals surface area (Å²) in [7, 11) is 0. The molecule has 4 rings (SSSR count). The van der Waals surface area contributed by atoms with Crippen LogP contribution in [0.5, 0.6) is 0 Å². The largest absolute Gasteiger partial charge is 0.457 e. The van der Waals surface area contributed by atoms with Crippen molar-refractivity contribution >= 4 is 38.5 Å². The molecule has 2 heterocycles. The Morgan fingerprint density at radius 3 is 2.74 bits per heavy atom. The lowest BCUT2D eigenvalue weighted by atomic mass is 10.1. The topological polar surface area (TPSA) is 72.1 Å². The number of nitro groups is 1. The minimum atomic E-state index is -0.424. The van der Waals surface area contributed by atoms with Gasteiger partial charge in [-0.2, -0.15) is 0 Å². The van der Waals surface area contributed by atoms with E-state index < -0.39 is 4.92 Å². The van der Waals surface area contributed by atoms with Gasteiger partial charge in [-0.05, 0) is 12.1 Å². The number of rotatable bonds is 1. The van der Waals surface area contributed by atoms with E-state index in [1.165, 1.54) is 6.26 Å². The molecule has 5 nitrogen and oxygen atoms in total. The van der Waals surface area contributed by atoms with Crippen LogP contribution in [0.3, 0.4) is 0 Å². The summed E-state index contributed by atoms with van der Waals surface area (Å²) >= 11 is 0. The van der Waals surface area contributed by atoms with E-state index in [2.05, 4.69) is 4.98 Å². The molecule has 0 bridgehead atoms. The lowest BCUT2D eigenvalue weighted by molar-refractivity contribution is -0.383. The number of benzene rings is 2. The number of fused-ring (bicyclic) bond motifs is 4. The SMILES string of the molecule is O=[N+]([O-])c1coc2cc3[nH]c4ccccc4c3cc12. The Balaban J connectivity index is 2.21. The highest BCUT2D eigenvalue weighted by Gasteiger charge is 2.17. The van der Waals surface area contributed by atoms with Crippen LogP contribution >= 0.6 is 0 Å². The van der Waals surface area contributed by atoms with Gasteiger partial charge in [-0.1, -0.05) is 18.2 Å². The van der Waals surface area contributed by atoms with Gasteiger partial charge in [0.1, 0.15) is 5.58 Å². The minimum absolute atomic E-state index is 0.00202. The van der Waals surface area contributed by atoms with Crippen LogP contribution in [0, 0.1) is 10.1 Å². The standard InChI is InChI=1S/C14H8N2O3/c17-16(18)13-7-19-14-6-12-9(5-10(13)14)8-3-1-2-4-11(8)15-12/h1-7,15H. The summed E-state index contributed by atoms with van der Waals surface area (Å²) < 4.78 is 5.25. The van der Waals surface area contributed by atoms with Gasteiger partial charge >= 0.3 is 5.69 Å². The molecule has 5 heteroatoms. The second-order valence-corrected chi connectivity index (χ2v) is 4.44. The molecular formula is C14H8N2O3. The van der Waals surface area contributed by atoms with Crippen molar-refractivity contribution in [3.05, 3.63) is 52.8 Å². The molecule has 0 saturated carbocycles. The molecule has 2 aromatic carbocycles. The summed E-state index contributed by atoms with van der Waals surface area (Å²) in [5, 5.41) is 13.5. The normalized spacial score (nSPS) is 11.6. The van der Waals surface area contributed by atoms with Crippen LogP contribution in [0.15, 0.2) is 47.1 Å². The molecule has 4 aromatic rings. The highest BCUT2D eigenvalue weighted by atomic mass is 16.6. The first kappa shape index (κ1) is 10.1. The molecule has 2 aromatic heterocycles. The van der Waals surface area contributed by atoms with Gasteiger partial charge in [0.25, 0.3) is 0 Å². The van der Waals surface area contributed by atoms with Crippen LogP contribution < -0.4 is 0 Å². The molecule has 0 fully saturated rings. The zero-order valence-electron chi connectivity index (χ0n) is 9.71. The van der Waals surface area contributed by atoms with E-state index in [4.69, 9.17) is 4.42 Å². The highest BCUT2D eigenvalue weighted by Crippen LogP contribution is 2.34. The number of furan rings is 1. The number of nitrogens with zero attached hydrogens (tertiary/aromatic N) is 1. The van der Waals surface area contributed by atoms with Crippen LogP contribution in [-0.4, -0.2) is 9.91 Å². The monoisotopic (exact) mass is 252 g/mol. The predicted molar refractivity (Wildman–Crippen MR) is 72.2 cm³/mol. The number of H-pyrrole nitrogens is 1. The molecule has 0 spiro atoms. The van der Waals surface area contributed by atoms with Gasteiger partial charge in [-0.25, -0.2) is 0 Å². The number of hydrogen-bond acceptors (Lipinski definition) is 3. The van der Waals surface area contributed by atoms with E-state index in [0.717, 1.165) is 21.8 Å². The first-order valence-corrected chi connectivity index (χ1v) is 5.80. The fraction of sp³-hybridized carbons (Fsp3) is 0. The second kappa shape index (κ2) is 3.35. The van der Waals surface area contributed by atoms with Crippen molar-refractivity contribution in [3.8, 4) is 0 Å². The summed E-state index contributed by atoms with van der Waals surface area (Å²) in [4.78, 5) is 13.8. The summed E-state index contributed by atoms with van der Waals surface area (Å²) in [5.41, 5.74) is 2.44. The molecule has 0 amide bonds. The molecule has 0 unspecified atom stereocenters. The molecule has 0 aliphatic rings. The van der Waals surface area contributed by atoms with Gasteiger partial charge in [0.15, 0.2) is 6.26 Å². The summed E-state index contributed by atoms with van der Waals surface area (Å²) in [5.74, 6) is 0. The third-order valence-corrected chi connectivity index (χ3v) is 3.38. The number of nitrogens with one attached hydrogen (secondary N) is 1. The van der Waals surface area contributed by atoms with Gasteiger partial charge < -0.3 is 9.40 Å². The van der Waals surface area contributed by atoms with E-state index in [-0.39, 0.29) is 5.69 Å². The van der Waals surface area contributed by atoms with Crippen molar-refractivity contribution in [2.24, 2.45) is 0 Å². The average Bonchev–Trinajstić information content (AvgIpc) is 2.96. The number of hydrogen-bond donors (Lipinski definition) is 1. The van der Waals surface area contributed by atoms with E-state index >= 15 is 0 Å². The van der Waals surface area contributed by atoms with Crippen molar-refractivity contribution < 1.29 is 9.34 Å². The maximum absolute atomic E-state index is 11.0. The third-order valence-electron chi connectivity index (χ3n) is 3.38. The number of aromatic amines is 1. The van der Waals surface area contributed by atoms with Crippen LogP contribution in [0.2, 0.25) is 0 Å². The lowest BCUT2D eigenvalue weighted by Crippen LogP contribution is -1.84. The van der Waals surface area contributed by atoms with E-state index in [1.807, 2.05) is 30.3 Å². The van der Waals surface area contributed by atoms with E-state index in [9.17, 15) is 10.1 Å². The molecule has 1 N–H and O–H groups in total. The molecule has 92 valence electrons. The zero-order chi connectivity index (χ0) is 13.0. The zero-order valence-corrected chi connectivity index (χ0v) is 9.71. The molecular weight excluding hydrogens is 244 g/mol. The molecule has 0 atom stereocenters. The Bertz CT molecular complexity index is 949. The van der Waals surface area contributed by atoms with Gasteiger partial charge in [0.05, 0.1) is 15.8 Å². The fourth-order valence-corrected chi connectivity index (χ4v) is 2.50. The Hall–Kier alpha value is -2.82. The van der Waals surface area contributed by atoms with Crippen LogP contribution in [0.1, 0.15) is 0 Å². The van der Waals surface area contributed by atoms with Gasteiger partial charge in [0.2, 0.25) is 0 Å². The molecule has 0 aliphatic heterocycles. The lowest BCUT2D eigenvalue weighted by Gasteiger charge is -1.92. The maximum Gasteiger partial charge on any atom is 0.315 e. The first-order valence-electron chi connectivity index (χ1n) is 5.80. The maximum atomic E-state index is 11.0. The minimum Gasteiger partial charge on any atom is -0.457 e. The smallest absolute Gasteiger partial charge is 0.315 e. The fourth-order valence-electron chi connectivity index (χ4n) is 2.50. The first-order chi connectivity index (χ1) is 9.24. The summed E-state index contributed by atoms with van der Waals surface area (Å²) in [6.45, 7) is 0. The molecule has 0 saturated heterocycles. The highest BCUT2D eigenvalue weighted by molar-refractivity contribution is 6.12. The van der Waals surface area contributed by atoms with Gasteiger partial charge in [0, 0.05) is 22.4 Å². The number of para-hydroxylation sites is 1. The number of aromatic nitrogens is 1. The van der Waals surface area contributed by atoms with E-state index in [1.54, 1.807) is 6.07 Å². The van der Waals surface area contributed by atoms with Crippen molar-refractivity contribution in [2.75, 3.05) is 0 Å². The van der Waals surface area contributed by atoms with Gasteiger partial charge in [-0.15, -0.1) is 0 Å². The molecule has 0 radical (unpaired) electrons. The van der Waals surface area contributed by atoms with Crippen LogP contribution in [-0.2, 0) is 0 Å². The van der Waals surface area contributed by atoms with E-state index in [0.29, 0.717) is 11.0 Å². The third kappa shape index (κ3) is 1.29. The Labute approximate surface area is 106 Å². The summed E-state index contributed by atoms with van der Waals surface area (Å²) in [6, 6.07) is 11.5. The Morgan fingerprint density at radius 1 is 1.05 bits per heavy atom. The molecule has 19 heavy (non-hydrogen) atoms. The Kier molecular flexibility index (Phi) is 1.79. The molecule has 0 aliphatic carbocycles. The van der Waals surface area contributed by atoms with Crippen LogP contribution in [0.25, 0.3) is 32.8 Å². The quantitative estimate of drug-likeness (QED) is 0.411. The van der Waals surface area contributed by atoms with Gasteiger partial charge in [-0.3, -0.25) is 10.1 Å². The van der Waals surface area contributed by atoms with Crippen LogP contribution in [0.4, 0.5) is 5.69 Å².